The molecule has 1 aliphatic heterocycles. The van der Waals surface area contributed by atoms with Crippen molar-refractivity contribution >= 4 is 11.6 Å². The van der Waals surface area contributed by atoms with Gasteiger partial charge in [0.2, 0.25) is 5.91 Å². The predicted molar refractivity (Wildman–Crippen MR) is 103 cm³/mol. The van der Waals surface area contributed by atoms with Crippen LogP contribution in [0.4, 0.5) is 10.1 Å². The van der Waals surface area contributed by atoms with E-state index in [4.69, 9.17) is 5.73 Å². The third-order valence-electron chi connectivity index (χ3n) is 6.10. The van der Waals surface area contributed by atoms with Crippen molar-refractivity contribution in [1.29, 1.82) is 0 Å². The van der Waals surface area contributed by atoms with Gasteiger partial charge in [-0.2, -0.15) is 0 Å². The number of fused-ring (bicyclic) bond motifs is 2. The molecule has 1 amide bonds. The van der Waals surface area contributed by atoms with E-state index in [1.54, 1.807) is 11.0 Å². The van der Waals surface area contributed by atoms with Crippen LogP contribution in [0.1, 0.15) is 49.3 Å². The average Bonchev–Trinajstić information content (AvgIpc) is 2.92. The summed E-state index contributed by atoms with van der Waals surface area (Å²) in [5.41, 5.74) is 7.43. The molecule has 0 saturated heterocycles. The van der Waals surface area contributed by atoms with Crippen molar-refractivity contribution < 1.29 is 14.3 Å². The van der Waals surface area contributed by atoms with E-state index >= 15 is 0 Å². The normalized spacial score (nSPS) is 20.6. The number of halogens is 1. The Bertz CT molecular complexity index is 833. The summed E-state index contributed by atoms with van der Waals surface area (Å²) in [5, 5.41) is 10.7. The van der Waals surface area contributed by atoms with E-state index in [2.05, 4.69) is 0 Å². The summed E-state index contributed by atoms with van der Waals surface area (Å²) < 4.78 is 14.1. The average molecular weight is 368 g/mol. The van der Waals surface area contributed by atoms with Crippen LogP contribution in [-0.2, 0) is 10.2 Å². The zero-order valence-electron chi connectivity index (χ0n) is 15.3. The molecule has 0 bridgehead atoms. The highest BCUT2D eigenvalue weighted by Gasteiger charge is 2.53. The van der Waals surface area contributed by atoms with Gasteiger partial charge in [-0.05, 0) is 36.1 Å². The van der Waals surface area contributed by atoms with Gasteiger partial charge >= 0.3 is 0 Å². The van der Waals surface area contributed by atoms with Crippen LogP contribution in [0, 0.1) is 5.82 Å². The Labute approximate surface area is 158 Å². The maximum Gasteiger partial charge on any atom is 0.238 e. The minimum atomic E-state index is -0.939. The van der Waals surface area contributed by atoms with Crippen molar-refractivity contribution in [3.63, 3.8) is 0 Å². The topological polar surface area (TPSA) is 66.6 Å². The lowest BCUT2D eigenvalue weighted by atomic mass is 9.70. The number of hydrogen-bond donors (Lipinski definition) is 2. The van der Waals surface area contributed by atoms with E-state index in [0.717, 1.165) is 43.2 Å². The monoisotopic (exact) mass is 368 g/mol. The van der Waals surface area contributed by atoms with E-state index in [-0.39, 0.29) is 18.3 Å². The summed E-state index contributed by atoms with van der Waals surface area (Å²) in [7, 11) is 0. The second-order valence-corrected chi connectivity index (χ2v) is 7.64. The molecule has 27 heavy (non-hydrogen) atoms. The van der Waals surface area contributed by atoms with Crippen LogP contribution < -0.4 is 10.6 Å². The first-order valence-corrected chi connectivity index (χ1v) is 9.65. The van der Waals surface area contributed by atoms with Crippen LogP contribution in [0.25, 0.3) is 0 Å². The van der Waals surface area contributed by atoms with Gasteiger partial charge in [0, 0.05) is 6.54 Å². The fraction of sp³-hybridized carbons (Fsp3) is 0.409. The number of carbonyl (C=O) groups excluding carboxylic acids is 1. The summed E-state index contributed by atoms with van der Waals surface area (Å²) in [6.07, 6.45) is 3.66. The van der Waals surface area contributed by atoms with Gasteiger partial charge in [0.25, 0.3) is 0 Å². The van der Waals surface area contributed by atoms with E-state index in [1.807, 2.05) is 30.3 Å². The van der Waals surface area contributed by atoms with Crippen molar-refractivity contribution in [2.45, 2.75) is 49.7 Å². The Morgan fingerprint density at radius 2 is 1.81 bits per heavy atom. The van der Waals surface area contributed by atoms with Gasteiger partial charge in [0.15, 0.2) is 0 Å². The van der Waals surface area contributed by atoms with Gasteiger partial charge in [0.05, 0.1) is 23.2 Å². The molecule has 2 atom stereocenters. The molecule has 1 spiro atoms. The molecule has 2 aromatic carbocycles. The van der Waals surface area contributed by atoms with Crippen molar-refractivity contribution in [3.05, 3.63) is 65.5 Å². The first kappa shape index (κ1) is 18.1. The first-order chi connectivity index (χ1) is 13.1. The maximum absolute atomic E-state index is 14.1. The third kappa shape index (κ3) is 2.86. The largest absolute Gasteiger partial charge is 0.389 e. The fourth-order valence-corrected chi connectivity index (χ4v) is 4.80. The van der Waals surface area contributed by atoms with E-state index in [1.165, 1.54) is 12.1 Å². The zero-order chi connectivity index (χ0) is 19.0. The van der Waals surface area contributed by atoms with Crippen LogP contribution in [0.15, 0.2) is 48.5 Å². The molecule has 2 aromatic rings. The molecule has 0 unspecified atom stereocenters. The van der Waals surface area contributed by atoms with E-state index in [9.17, 15) is 14.3 Å². The number of aliphatic hydroxyl groups is 1. The van der Waals surface area contributed by atoms with Crippen molar-refractivity contribution in [2.75, 3.05) is 11.4 Å². The quantitative estimate of drug-likeness (QED) is 0.869. The van der Waals surface area contributed by atoms with Crippen LogP contribution in [-0.4, -0.2) is 23.7 Å². The summed E-state index contributed by atoms with van der Waals surface area (Å²) in [5.74, 6) is -0.419. The SMILES string of the molecule is NC[C@@H](O)[C@H](c1ccccc1)N1C(=O)C2(CCCCC2)c2ccc(F)cc21. The minimum absolute atomic E-state index is 0.0149. The van der Waals surface area contributed by atoms with Gasteiger partial charge in [0.1, 0.15) is 5.82 Å². The lowest BCUT2D eigenvalue weighted by Gasteiger charge is -2.36. The van der Waals surface area contributed by atoms with Gasteiger partial charge in [-0.25, -0.2) is 4.39 Å². The smallest absolute Gasteiger partial charge is 0.238 e. The number of rotatable bonds is 4. The Morgan fingerprint density at radius 3 is 2.48 bits per heavy atom. The Balaban J connectivity index is 1.88. The number of benzene rings is 2. The molecule has 142 valence electrons. The number of hydrogen-bond acceptors (Lipinski definition) is 3. The van der Waals surface area contributed by atoms with Gasteiger partial charge in [-0.1, -0.05) is 55.7 Å². The van der Waals surface area contributed by atoms with E-state index < -0.39 is 17.6 Å². The second-order valence-electron chi connectivity index (χ2n) is 7.64. The Kier molecular flexibility index (Phi) is 4.74. The number of amides is 1. The summed E-state index contributed by atoms with van der Waals surface area (Å²) in [6.45, 7) is 0.0149. The van der Waals surface area contributed by atoms with Crippen LogP contribution >= 0.6 is 0 Å². The first-order valence-electron chi connectivity index (χ1n) is 9.65. The number of anilines is 1. The number of aliphatic hydroxyl groups excluding tert-OH is 1. The number of nitrogens with zero attached hydrogens (tertiary/aromatic N) is 1. The maximum atomic E-state index is 14.1. The van der Waals surface area contributed by atoms with E-state index in [0.29, 0.717) is 5.69 Å². The third-order valence-corrected chi connectivity index (χ3v) is 6.10. The Morgan fingerprint density at radius 1 is 1.11 bits per heavy atom. The van der Waals surface area contributed by atoms with Gasteiger partial charge in [-0.15, -0.1) is 0 Å². The van der Waals surface area contributed by atoms with Crippen LogP contribution in [0.3, 0.4) is 0 Å². The van der Waals surface area contributed by atoms with Crippen molar-refractivity contribution in [2.24, 2.45) is 5.73 Å². The Hall–Kier alpha value is -2.24. The standard InChI is InChI=1S/C22H25FN2O2/c23-16-9-10-17-18(13-16)25(21(27)22(17)11-5-2-6-12-22)20(19(26)14-24)15-7-3-1-4-8-15/h1,3-4,7-10,13,19-20,26H,2,5-6,11-12,14,24H2/t19-,20+/m1/s1. The summed E-state index contributed by atoms with van der Waals surface area (Å²) >= 11 is 0. The highest BCUT2D eigenvalue weighted by Crippen LogP contribution is 2.52. The molecule has 4 rings (SSSR count). The predicted octanol–water partition coefficient (Wildman–Crippen LogP) is 3.44. The second kappa shape index (κ2) is 7.06. The molecule has 3 N–H and O–H groups in total. The number of carbonyl (C=O) groups is 1. The molecule has 1 saturated carbocycles. The summed E-state index contributed by atoms with van der Waals surface area (Å²) in [6, 6.07) is 13.4. The molecule has 1 aliphatic carbocycles. The molecule has 1 fully saturated rings. The molecule has 0 aromatic heterocycles. The molecule has 0 radical (unpaired) electrons. The van der Waals surface area contributed by atoms with Crippen molar-refractivity contribution in [3.8, 4) is 0 Å². The highest BCUT2D eigenvalue weighted by atomic mass is 19.1. The van der Waals surface area contributed by atoms with Crippen LogP contribution in [0.5, 0.6) is 0 Å². The lowest BCUT2D eigenvalue weighted by molar-refractivity contribution is -0.125. The van der Waals surface area contributed by atoms with Crippen molar-refractivity contribution in [1.82, 2.24) is 0 Å². The lowest BCUT2D eigenvalue weighted by Crippen LogP contribution is -2.47. The minimum Gasteiger partial charge on any atom is -0.389 e. The summed E-state index contributed by atoms with van der Waals surface area (Å²) in [4.78, 5) is 15.3. The van der Waals surface area contributed by atoms with Crippen LogP contribution in [0.2, 0.25) is 0 Å². The highest BCUT2D eigenvalue weighted by molar-refractivity contribution is 6.08. The number of nitrogens with two attached hydrogens (primary N) is 1. The molecular formula is C22H25FN2O2. The molecule has 2 aliphatic rings. The molecule has 1 heterocycles. The molecular weight excluding hydrogens is 343 g/mol. The zero-order valence-corrected chi connectivity index (χ0v) is 15.3. The molecule has 4 nitrogen and oxygen atoms in total. The van der Waals surface area contributed by atoms with Gasteiger partial charge < -0.3 is 15.7 Å². The fourth-order valence-electron chi connectivity index (χ4n) is 4.80. The van der Waals surface area contributed by atoms with Gasteiger partial charge in [-0.3, -0.25) is 4.79 Å². The molecule has 5 heteroatoms.